The number of aryl methyl sites for hydroxylation is 3. The highest BCUT2D eigenvalue weighted by Crippen LogP contribution is 2.44. The van der Waals surface area contributed by atoms with Crippen LogP contribution < -0.4 is 18.6 Å². The number of rotatable bonds is 1. The maximum Gasteiger partial charge on any atom is 0.327 e. The molecule has 6 heteroatoms. The molecule has 0 amide bonds. The molecule has 2 aliphatic rings. The van der Waals surface area contributed by atoms with E-state index in [1.807, 2.05) is 13.8 Å². The van der Waals surface area contributed by atoms with E-state index in [1.165, 1.54) is 33.4 Å². The summed E-state index contributed by atoms with van der Waals surface area (Å²) in [6, 6.07) is 15.5. The first-order valence-electron chi connectivity index (χ1n) is 8.83. The van der Waals surface area contributed by atoms with Gasteiger partial charge in [0, 0.05) is 17.7 Å². The van der Waals surface area contributed by atoms with Gasteiger partial charge in [-0.25, -0.2) is 23.1 Å². The van der Waals surface area contributed by atoms with Crippen LogP contribution in [0.5, 0.6) is 0 Å². The Balaban J connectivity index is 0.000000500. The summed E-state index contributed by atoms with van der Waals surface area (Å²) in [5.41, 5.74) is 7.96. The van der Waals surface area contributed by atoms with Crippen LogP contribution in [-0.2, 0) is 5.41 Å². The Labute approximate surface area is 168 Å². The molecule has 150 valence electrons. The molecule has 1 aromatic rings. The van der Waals surface area contributed by atoms with Crippen LogP contribution in [0.1, 0.15) is 43.4 Å². The molecule has 3 rings (SSSR count). The fourth-order valence-electron chi connectivity index (χ4n) is 3.24. The number of hydrogen-bond donors (Lipinski definition) is 0. The van der Waals surface area contributed by atoms with E-state index in [-0.39, 0.29) is 5.41 Å². The fourth-order valence-corrected chi connectivity index (χ4v) is 3.24. The molecule has 1 aromatic heterocycles. The molecule has 0 atom stereocenters. The van der Waals surface area contributed by atoms with Gasteiger partial charge >= 0.3 is 11.5 Å². The van der Waals surface area contributed by atoms with E-state index in [0.717, 1.165) is 11.5 Å². The third-order valence-electron chi connectivity index (χ3n) is 4.32. The molecule has 28 heavy (non-hydrogen) atoms. The summed E-state index contributed by atoms with van der Waals surface area (Å²) in [6.45, 7) is 13.0. The number of fused-ring (bicyclic) bond motifs is 1. The molecular weight excluding hydrogens is 380 g/mol. The maximum absolute atomic E-state index is 8.49. The summed E-state index contributed by atoms with van der Waals surface area (Å²) in [5.74, 6) is 1.90. The number of hydrogen-bond acceptors (Lipinski definition) is 4. The van der Waals surface area contributed by atoms with Crippen LogP contribution in [0.15, 0.2) is 46.9 Å². The Morgan fingerprint density at radius 1 is 0.750 bits per heavy atom. The minimum Gasteiger partial charge on any atom is -0.222 e. The molecule has 0 aliphatic heterocycles. The summed E-state index contributed by atoms with van der Waals surface area (Å²) in [4.78, 5) is 0. The third-order valence-corrected chi connectivity index (χ3v) is 4.32. The van der Waals surface area contributed by atoms with Crippen molar-refractivity contribution in [2.24, 2.45) is 0 Å². The quantitative estimate of drug-likeness (QED) is 0.575. The van der Waals surface area contributed by atoms with Crippen molar-refractivity contribution in [3.05, 3.63) is 65.1 Å². The average Bonchev–Trinajstić information content (AvgIpc) is 2.78. The highest BCUT2D eigenvalue weighted by Gasteiger charge is 2.26. The van der Waals surface area contributed by atoms with E-state index in [4.69, 9.17) is 23.1 Å². The van der Waals surface area contributed by atoms with Gasteiger partial charge in [0.15, 0.2) is 0 Å². The second-order valence-corrected chi connectivity index (χ2v) is 8.66. The Morgan fingerprint density at radius 3 is 1.75 bits per heavy atom. The lowest BCUT2D eigenvalue weighted by molar-refractivity contribution is -2.00. The molecule has 0 N–H and O–H groups in total. The lowest BCUT2D eigenvalue weighted by Crippen LogP contribution is -2.68. The van der Waals surface area contributed by atoms with Crippen LogP contribution in [0, 0.1) is 31.0 Å². The van der Waals surface area contributed by atoms with Gasteiger partial charge in [-0.1, -0.05) is 50.6 Å². The van der Waals surface area contributed by atoms with Crippen LogP contribution >= 0.6 is 0 Å². The van der Waals surface area contributed by atoms with Gasteiger partial charge in [0.2, 0.25) is 0 Å². The minimum absolute atomic E-state index is 0.0940. The third kappa shape index (κ3) is 5.99. The summed E-state index contributed by atoms with van der Waals surface area (Å²) in [7, 11) is -4.94. The minimum atomic E-state index is -4.94. The molecule has 0 fully saturated rings. The lowest BCUT2D eigenvalue weighted by atomic mass is 9.84. The lowest BCUT2D eigenvalue weighted by Gasteiger charge is -2.20. The van der Waals surface area contributed by atoms with Crippen molar-refractivity contribution in [3.8, 4) is 22.3 Å². The second-order valence-electron chi connectivity index (χ2n) is 7.91. The summed E-state index contributed by atoms with van der Waals surface area (Å²) >= 11 is 0. The molecule has 0 saturated carbocycles. The molecule has 1 heterocycles. The van der Waals surface area contributed by atoms with Gasteiger partial charge in [-0.15, -0.1) is 10.2 Å². The zero-order valence-corrected chi connectivity index (χ0v) is 17.7. The van der Waals surface area contributed by atoms with Gasteiger partial charge in [-0.3, -0.25) is 0 Å². The first kappa shape index (κ1) is 22.3. The largest absolute Gasteiger partial charge is 0.327 e. The first-order valence-corrected chi connectivity index (χ1v) is 10.1. The van der Waals surface area contributed by atoms with Crippen molar-refractivity contribution in [2.75, 3.05) is 0 Å². The molecule has 5 nitrogen and oxygen atoms in total. The summed E-state index contributed by atoms with van der Waals surface area (Å²) < 4.78 is 39.7. The van der Waals surface area contributed by atoms with Crippen molar-refractivity contribution in [1.82, 2.24) is 0 Å². The Hall–Kier alpha value is -2.02. The zero-order valence-electron chi connectivity index (χ0n) is 17.0. The van der Waals surface area contributed by atoms with E-state index >= 15 is 0 Å². The fraction of sp³-hybridized carbons (Fsp3) is 0.318. The molecule has 0 radical (unpaired) electrons. The molecule has 0 bridgehead atoms. The molecule has 2 aliphatic carbocycles. The molecule has 0 spiro atoms. The maximum atomic E-state index is 8.49. The van der Waals surface area contributed by atoms with Crippen LogP contribution in [0.2, 0.25) is 0 Å². The van der Waals surface area contributed by atoms with Gasteiger partial charge in [0.05, 0.1) is 13.8 Å². The van der Waals surface area contributed by atoms with Crippen LogP contribution in [0.25, 0.3) is 22.3 Å². The molecule has 0 aromatic carbocycles. The highest BCUT2D eigenvalue weighted by molar-refractivity contribution is 5.90. The van der Waals surface area contributed by atoms with E-state index in [2.05, 4.69) is 70.2 Å². The SMILES string of the molecule is Cc1ccc2cc(C(C)(C)C)c(-c3cc(C)[o+]c(C)c3)c-2cc1.[O-][Cl+3]([O-])([O-])[O-]. The smallest absolute Gasteiger partial charge is 0.222 e. The Morgan fingerprint density at radius 2 is 1.25 bits per heavy atom. The van der Waals surface area contributed by atoms with Crippen molar-refractivity contribution >= 4 is 0 Å². The van der Waals surface area contributed by atoms with Gasteiger partial charge < -0.3 is 0 Å². The van der Waals surface area contributed by atoms with Crippen molar-refractivity contribution in [3.63, 3.8) is 0 Å². The van der Waals surface area contributed by atoms with Crippen molar-refractivity contribution in [1.29, 1.82) is 0 Å². The van der Waals surface area contributed by atoms with Crippen LogP contribution in [0.4, 0.5) is 0 Å². The topological polar surface area (TPSA) is 104 Å². The van der Waals surface area contributed by atoms with Gasteiger partial charge in [-0.2, -0.15) is 0 Å². The normalized spacial score (nSPS) is 11.9. The summed E-state index contributed by atoms with van der Waals surface area (Å²) in [5, 5.41) is 0. The highest BCUT2D eigenvalue weighted by atomic mass is 35.7. The molecule has 0 saturated heterocycles. The van der Waals surface area contributed by atoms with E-state index < -0.39 is 10.2 Å². The number of halogens is 1. The van der Waals surface area contributed by atoms with Crippen LogP contribution in [0.3, 0.4) is 0 Å². The monoisotopic (exact) mass is 404 g/mol. The predicted molar refractivity (Wildman–Crippen MR) is 98.1 cm³/mol. The van der Waals surface area contributed by atoms with E-state index in [1.54, 1.807) is 0 Å². The van der Waals surface area contributed by atoms with Gasteiger partial charge in [-0.05, 0) is 40.7 Å². The standard InChI is InChI=1S/C22H25O.ClHO4/c1-14-7-9-17-13-20(22(4,5)6)21(19(17)10-8-14)18-11-15(2)23-16(3)12-18;2-1(3,4)5/h7-13H,1-6H3;(H,2,3,4,5)/q+1;/p-1. The first-order chi connectivity index (χ1) is 12.8. The molecular formula is C22H25ClO5. The van der Waals surface area contributed by atoms with Crippen molar-refractivity contribution < 1.29 is 33.3 Å². The van der Waals surface area contributed by atoms with E-state index in [0.29, 0.717) is 0 Å². The second kappa shape index (κ2) is 8.15. The molecule has 0 unspecified atom stereocenters. The van der Waals surface area contributed by atoms with Gasteiger partial charge in [0.25, 0.3) is 0 Å². The Bertz CT molecular complexity index is 912. The predicted octanol–water partition coefficient (Wildman–Crippen LogP) is 1.80. The summed E-state index contributed by atoms with van der Waals surface area (Å²) in [6.07, 6.45) is 0. The van der Waals surface area contributed by atoms with Gasteiger partial charge in [0.1, 0.15) is 0 Å². The average molecular weight is 405 g/mol. The van der Waals surface area contributed by atoms with Crippen molar-refractivity contribution in [2.45, 2.75) is 47.0 Å². The Kier molecular flexibility index (Phi) is 6.48. The van der Waals surface area contributed by atoms with Crippen LogP contribution in [-0.4, -0.2) is 0 Å². The van der Waals surface area contributed by atoms with E-state index in [9.17, 15) is 0 Å². The zero-order chi connectivity index (χ0) is 21.3.